The first-order chi connectivity index (χ1) is 14.3. The molecule has 3 aromatic carbocycles. The summed E-state index contributed by atoms with van der Waals surface area (Å²) in [7, 11) is -2.46. The molecular formula is C21H18BrClN2O4S. The van der Waals surface area contributed by atoms with Crippen molar-refractivity contribution in [2.75, 3.05) is 23.3 Å². The Morgan fingerprint density at radius 1 is 1.07 bits per heavy atom. The van der Waals surface area contributed by atoms with Gasteiger partial charge < -0.3 is 10.1 Å². The third-order valence-corrected chi connectivity index (χ3v) is 7.20. The standard InChI is InChI=1S/C21H18BrClN2O4S/c1-29-17-10-8-16(9-11-17)25(30(27,28)18-5-3-2-4-6-18)14-21(26)24-15-7-12-19(22)20(23)13-15/h2-13H,14H2,1H3,(H,24,26). The average molecular weight is 510 g/mol. The summed E-state index contributed by atoms with van der Waals surface area (Å²) < 4.78 is 33.4. The van der Waals surface area contributed by atoms with Gasteiger partial charge in [-0.15, -0.1) is 0 Å². The summed E-state index contributed by atoms with van der Waals surface area (Å²) >= 11 is 9.35. The molecule has 0 unspecified atom stereocenters. The molecule has 0 aromatic heterocycles. The number of anilines is 2. The first kappa shape index (κ1) is 22.1. The number of amides is 1. The third-order valence-electron chi connectivity index (χ3n) is 4.18. The van der Waals surface area contributed by atoms with Gasteiger partial charge in [-0.2, -0.15) is 0 Å². The number of carbonyl (C=O) groups excluding carboxylic acids is 1. The molecule has 0 saturated heterocycles. The van der Waals surface area contributed by atoms with Crippen LogP contribution in [0.15, 0.2) is 82.2 Å². The highest BCUT2D eigenvalue weighted by Gasteiger charge is 2.27. The SMILES string of the molecule is COc1ccc(N(CC(=O)Nc2ccc(Br)c(Cl)c2)S(=O)(=O)c2ccccc2)cc1. The van der Waals surface area contributed by atoms with E-state index in [1.54, 1.807) is 60.7 Å². The number of hydrogen-bond acceptors (Lipinski definition) is 4. The predicted octanol–water partition coefficient (Wildman–Crippen LogP) is 4.95. The Hall–Kier alpha value is -2.55. The zero-order chi connectivity index (χ0) is 21.7. The average Bonchev–Trinajstić information content (AvgIpc) is 2.75. The minimum absolute atomic E-state index is 0.0836. The molecule has 3 aromatic rings. The van der Waals surface area contributed by atoms with Gasteiger partial charge in [-0.25, -0.2) is 8.42 Å². The van der Waals surface area contributed by atoms with Gasteiger partial charge in [0.1, 0.15) is 12.3 Å². The molecule has 0 bridgehead atoms. The second-order valence-electron chi connectivity index (χ2n) is 6.20. The first-order valence-corrected chi connectivity index (χ1v) is 11.4. The molecular weight excluding hydrogens is 492 g/mol. The monoisotopic (exact) mass is 508 g/mol. The van der Waals surface area contributed by atoms with Crippen LogP contribution in [0.3, 0.4) is 0 Å². The second-order valence-corrected chi connectivity index (χ2v) is 9.32. The van der Waals surface area contributed by atoms with Crippen LogP contribution in [0, 0.1) is 0 Å². The van der Waals surface area contributed by atoms with Gasteiger partial charge in [-0.1, -0.05) is 29.8 Å². The van der Waals surface area contributed by atoms with Crippen molar-refractivity contribution in [1.82, 2.24) is 0 Å². The molecule has 9 heteroatoms. The summed E-state index contributed by atoms with van der Waals surface area (Å²) in [5.41, 5.74) is 0.795. The highest BCUT2D eigenvalue weighted by Crippen LogP contribution is 2.27. The highest BCUT2D eigenvalue weighted by molar-refractivity contribution is 9.10. The van der Waals surface area contributed by atoms with Crippen molar-refractivity contribution in [2.45, 2.75) is 4.90 Å². The summed E-state index contributed by atoms with van der Waals surface area (Å²) in [5, 5.41) is 3.11. The van der Waals surface area contributed by atoms with Crippen molar-refractivity contribution in [3.8, 4) is 5.75 Å². The Morgan fingerprint density at radius 3 is 2.33 bits per heavy atom. The van der Waals surface area contributed by atoms with Crippen molar-refractivity contribution in [1.29, 1.82) is 0 Å². The lowest BCUT2D eigenvalue weighted by molar-refractivity contribution is -0.114. The number of nitrogens with zero attached hydrogens (tertiary/aromatic N) is 1. The largest absolute Gasteiger partial charge is 0.497 e. The second kappa shape index (κ2) is 9.51. The van der Waals surface area contributed by atoms with Crippen LogP contribution in [-0.4, -0.2) is 28.0 Å². The van der Waals surface area contributed by atoms with E-state index in [9.17, 15) is 13.2 Å². The molecule has 0 saturated carbocycles. The molecule has 0 fully saturated rings. The van der Waals surface area contributed by atoms with Gasteiger partial charge in [0, 0.05) is 10.2 Å². The fourth-order valence-corrected chi connectivity index (χ4v) is 4.56. The van der Waals surface area contributed by atoms with Crippen LogP contribution in [0.25, 0.3) is 0 Å². The predicted molar refractivity (Wildman–Crippen MR) is 122 cm³/mol. The van der Waals surface area contributed by atoms with E-state index in [0.29, 0.717) is 26.6 Å². The fourth-order valence-electron chi connectivity index (χ4n) is 2.69. The van der Waals surface area contributed by atoms with Crippen LogP contribution in [0.2, 0.25) is 5.02 Å². The van der Waals surface area contributed by atoms with Crippen LogP contribution in [0.5, 0.6) is 5.75 Å². The lowest BCUT2D eigenvalue weighted by atomic mass is 10.3. The van der Waals surface area contributed by atoms with Gasteiger partial charge in [0.2, 0.25) is 5.91 Å². The van der Waals surface area contributed by atoms with Crippen LogP contribution >= 0.6 is 27.5 Å². The van der Waals surface area contributed by atoms with E-state index in [4.69, 9.17) is 16.3 Å². The van der Waals surface area contributed by atoms with Crippen molar-refractivity contribution in [2.24, 2.45) is 0 Å². The van der Waals surface area contributed by atoms with Crippen molar-refractivity contribution in [3.05, 3.63) is 82.3 Å². The Labute approximate surface area is 188 Å². The molecule has 1 N–H and O–H groups in total. The molecule has 0 heterocycles. The molecule has 0 spiro atoms. The topological polar surface area (TPSA) is 75.7 Å². The smallest absolute Gasteiger partial charge is 0.264 e. The molecule has 0 aliphatic rings. The zero-order valence-electron chi connectivity index (χ0n) is 15.9. The van der Waals surface area contributed by atoms with Crippen molar-refractivity contribution < 1.29 is 17.9 Å². The maximum Gasteiger partial charge on any atom is 0.264 e. The van der Waals surface area contributed by atoms with Crippen LogP contribution in [-0.2, 0) is 14.8 Å². The zero-order valence-corrected chi connectivity index (χ0v) is 19.0. The molecule has 0 atom stereocenters. The number of hydrogen-bond donors (Lipinski definition) is 1. The third kappa shape index (κ3) is 5.13. The summed E-state index contributed by atoms with van der Waals surface area (Å²) in [6.07, 6.45) is 0. The summed E-state index contributed by atoms with van der Waals surface area (Å²) in [4.78, 5) is 12.8. The maximum atomic E-state index is 13.3. The summed E-state index contributed by atoms with van der Waals surface area (Å²) in [6, 6.07) is 19.3. The highest BCUT2D eigenvalue weighted by atomic mass is 79.9. The van der Waals surface area contributed by atoms with Crippen molar-refractivity contribution >= 4 is 54.8 Å². The molecule has 0 aliphatic carbocycles. The van der Waals surface area contributed by atoms with E-state index in [-0.39, 0.29) is 4.90 Å². The first-order valence-electron chi connectivity index (χ1n) is 8.78. The lowest BCUT2D eigenvalue weighted by Crippen LogP contribution is -2.38. The molecule has 0 aliphatic heterocycles. The number of ether oxygens (including phenoxy) is 1. The van der Waals surface area contributed by atoms with Gasteiger partial charge in [0.25, 0.3) is 10.0 Å². The molecule has 6 nitrogen and oxygen atoms in total. The van der Waals surface area contributed by atoms with Gasteiger partial charge in [0.15, 0.2) is 0 Å². The summed E-state index contributed by atoms with van der Waals surface area (Å²) in [5.74, 6) is 0.0634. The lowest BCUT2D eigenvalue weighted by Gasteiger charge is -2.24. The minimum atomic E-state index is -3.98. The fraction of sp³-hybridized carbons (Fsp3) is 0.0952. The Bertz CT molecular complexity index is 1140. The number of methoxy groups -OCH3 is 1. The molecule has 0 radical (unpaired) electrons. The molecule has 156 valence electrons. The number of halogens is 2. The van der Waals surface area contributed by atoms with E-state index in [0.717, 1.165) is 4.31 Å². The maximum absolute atomic E-state index is 13.3. The van der Waals surface area contributed by atoms with Gasteiger partial charge in [-0.3, -0.25) is 9.10 Å². The van der Waals surface area contributed by atoms with Gasteiger partial charge in [0.05, 0.1) is 22.7 Å². The van der Waals surface area contributed by atoms with E-state index in [1.807, 2.05) is 0 Å². The Balaban J connectivity index is 1.92. The van der Waals surface area contributed by atoms with E-state index in [1.165, 1.54) is 19.2 Å². The number of rotatable bonds is 7. The number of nitrogens with one attached hydrogen (secondary N) is 1. The van der Waals surface area contributed by atoms with Crippen LogP contribution < -0.4 is 14.4 Å². The minimum Gasteiger partial charge on any atom is -0.497 e. The van der Waals surface area contributed by atoms with Gasteiger partial charge >= 0.3 is 0 Å². The quantitative estimate of drug-likeness (QED) is 0.489. The molecule has 1 amide bonds. The van der Waals surface area contributed by atoms with Crippen molar-refractivity contribution in [3.63, 3.8) is 0 Å². The molecule has 3 rings (SSSR count). The number of benzene rings is 3. The van der Waals surface area contributed by atoms with Gasteiger partial charge in [-0.05, 0) is 70.5 Å². The van der Waals surface area contributed by atoms with Crippen LogP contribution in [0.4, 0.5) is 11.4 Å². The normalized spacial score (nSPS) is 11.0. The molecule has 30 heavy (non-hydrogen) atoms. The summed E-state index contributed by atoms with van der Waals surface area (Å²) in [6.45, 7) is -0.419. The Morgan fingerprint density at radius 2 is 1.73 bits per heavy atom. The van der Waals surface area contributed by atoms with E-state index >= 15 is 0 Å². The van der Waals surface area contributed by atoms with Crippen LogP contribution in [0.1, 0.15) is 0 Å². The van der Waals surface area contributed by atoms with E-state index in [2.05, 4.69) is 21.2 Å². The number of sulfonamides is 1. The Kier molecular flexibility index (Phi) is 7.02. The van der Waals surface area contributed by atoms with E-state index < -0.39 is 22.5 Å². The number of carbonyl (C=O) groups is 1.